The van der Waals surface area contributed by atoms with Gasteiger partial charge in [-0.05, 0) is 80.0 Å². The molecule has 39 heavy (non-hydrogen) atoms. The Kier molecular flexibility index (Phi) is 6.80. The molecule has 3 aromatic heterocycles. The van der Waals surface area contributed by atoms with Gasteiger partial charge in [0.05, 0.1) is 30.2 Å². The molecule has 2 N–H and O–H groups in total. The molecule has 2 amide bonds. The van der Waals surface area contributed by atoms with Crippen LogP contribution in [0.25, 0.3) is 5.65 Å². The molecule has 208 valence electrons. The first-order valence-corrected chi connectivity index (χ1v) is 13.9. The number of amides is 2. The molecule has 6 rings (SSSR count). The van der Waals surface area contributed by atoms with Gasteiger partial charge in [0.1, 0.15) is 5.69 Å². The van der Waals surface area contributed by atoms with Crippen molar-refractivity contribution >= 4 is 17.5 Å². The number of hydrogen-bond donors (Lipinski definition) is 2. The molecule has 10 nitrogen and oxygen atoms in total. The number of alkyl halides is 2. The van der Waals surface area contributed by atoms with Gasteiger partial charge in [-0.2, -0.15) is 5.10 Å². The number of carbonyl (C=O) groups excluding carboxylic acids is 2. The molecule has 12 heteroatoms. The number of imidazole rings is 1. The minimum atomic E-state index is -2.70. The Labute approximate surface area is 224 Å². The van der Waals surface area contributed by atoms with Crippen LogP contribution in [0.5, 0.6) is 0 Å². The Hall–Kier alpha value is -3.44. The Morgan fingerprint density at radius 1 is 1.08 bits per heavy atom. The lowest BCUT2D eigenvalue weighted by atomic mass is 9.81. The van der Waals surface area contributed by atoms with Crippen LogP contribution >= 0.6 is 0 Å². The SMILES string of the molecule is Cc1nonc1C(=O)N[C@H](c1cn2ncc(C(NC(=O)CC3CCC3)C3CC3)cc2n1)C1CCC(F)(F)CC1. The first kappa shape index (κ1) is 25.8. The number of aryl methyl sites for hydroxylation is 1. The van der Waals surface area contributed by atoms with Crippen LogP contribution in [-0.2, 0) is 4.79 Å². The third-order valence-corrected chi connectivity index (χ3v) is 8.53. The van der Waals surface area contributed by atoms with Gasteiger partial charge < -0.3 is 10.6 Å². The van der Waals surface area contributed by atoms with E-state index in [9.17, 15) is 18.4 Å². The van der Waals surface area contributed by atoms with Gasteiger partial charge in [0.2, 0.25) is 11.8 Å². The molecule has 3 aliphatic rings. The lowest BCUT2D eigenvalue weighted by molar-refractivity contribution is -0.123. The van der Waals surface area contributed by atoms with Crippen molar-refractivity contribution in [1.29, 1.82) is 0 Å². The Bertz CT molecular complexity index is 1350. The molecule has 0 aromatic carbocycles. The molecule has 0 spiro atoms. The van der Waals surface area contributed by atoms with Crippen LogP contribution < -0.4 is 10.6 Å². The summed E-state index contributed by atoms with van der Waals surface area (Å²) in [6.45, 7) is 1.61. The summed E-state index contributed by atoms with van der Waals surface area (Å²) >= 11 is 0. The van der Waals surface area contributed by atoms with Crippen LogP contribution in [0.4, 0.5) is 8.78 Å². The minimum Gasteiger partial charge on any atom is -0.349 e. The molecule has 3 aliphatic carbocycles. The number of hydrogen-bond acceptors (Lipinski definition) is 7. The van der Waals surface area contributed by atoms with E-state index in [2.05, 4.69) is 30.7 Å². The molecule has 0 bridgehead atoms. The van der Waals surface area contributed by atoms with E-state index in [0.29, 0.717) is 35.3 Å². The van der Waals surface area contributed by atoms with Crippen molar-refractivity contribution in [2.24, 2.45) is 17.8 Å². The smallest absolute Gasteiger partial charge is 0.276 e. The molecule has 0 aliphatic heterocycles. The normalized spacial score (nSPS) is 21.3. The Morgan fingerprint density at radius 3 is 2.46 bits per heavy atom. The molecule has 3 saturated carbocycles. The first-order chi connectivity index (χ1) is 18.8. The molecule has 3 fully saturated rings. The molecule has 0 saturated heterocycles. The summed E-state index contributed by atoms with van der Waals surface area (Å²) in [4.78, 5) is 30.5. The van der Waals surface area contributed by atoms with E-state index < -0.39 is 17.9 Å². The minimum absolute atomic E-state index is 0.0511. The Balaban J connectivity index is 1.25. The third-order valence-electron chi connectivity index (χ3n) is 8.53. The summed E-state index contributed by atoms with van der Waals surface area (Å²) in [5.41, 5.74) is 2.39. The summed E-state index contributed by atoms with van der Waals surface area (Å²) in [6.07, 6.45) is 9.60. The van der Waals surface area contributed by atoms with Gasteiger partial charge in [-0.3, -0.25) is 9.59 Å². The van der Waals surface area contributed by atoms with Crippen molar-refractivity contribution in [2.75, 3.05) is 0 Å². The van der Waals surface area contributed by atoms with Gasteiger partial charge in [-0.25, -0.2) is 22.9 Å². The second-order valence-electron chi connectivity index (χ2n) is 11.5. The number of halogens is 2. The topological polar surface area (TPSA) is 127 Å². The molecule has 1 unspecified atom stereocenters. The molecule has 3 heterocycles. The monoisotopic (exact) mass is 541 g/mol. The number of aromatic nitrogens is 5. The van der Waals surface area contributed by atoms with Crippen molar-refractivity contribution in [3.63, 3.8) is 0 Å². The van der Waals surface area contributed by atoms with Crippen LogP contribution in [0.3, 0.4) is 0 Å². The lowest BCUT2D eigenvalue weighted by Crippen LogP contribution is -2.37. The van der Waals surface area contributed by atoms with Crippen LogP contribution in [0.2, 0.25) is 0 Å². The average molecular weight is 542 g/mol. The zero-order chi connectivity index (χ0) is 27.1. The van der Waals surface area contributed by atoms with Crippen molar-refractivity contribution in [2.45, 2.75) is 89.1 Å². The van der Waals surface area contributed by atoms with E-state index in [1.54, 1.807) is 23.8 Å². The predicted molar refractivity (Wildman–Crippen MR) is 135 cm³/mol. The Morgan fingerprint density at radius 2 is 1.82 bits per heavy atom. The van der Waals surface area contributed by atoms with Crippen molar-refractivity contribution in [3.05, 3.63) is 41.1 Å². The fourth-order valence-electron chi connectivity index (χ4n) is 5.80. The number of nitrogens with zero attached hydrogens (tertiary/aromatic N) is 5. The molecule has 0 radical (unpaired) electrons. The largest absolute Gasteiger partial charge is 0.349 e. The van der Waals surface area contributed by atoms with E-state index >= 15 is 0 Å². The lowest BCUT2D eigenvalue weighted by Gasteiger charge is -2.33. The van der Waals surface area contributed by atoms with Crippen LogP contribution in [0.15, 0.2) is 23.1 Å². The number of fused-ring (bicyclic) bond motifs is 1. The van der Waals surface area contributed by atoms with Crippen molar-refractivity contribution < 1.29 is 23.0 Å². The second kappa shape index (κ2) is 10.3. The second-order valence-corrected chi connectivity index (χ2v) is 11.5. The van der Waals surface area contributed by atoms with Gasteiger partial charge in [-0.1, -0.05) is 11.6 Å². The number of nitrogens with one attached hydrogen (secondary N) is 2. The molecule has 3 aromatic rings. The fraction of sp³-hybridized carbons (Fsp3) is 0.630. The van der Waals surface area contributed by atoms with Crippen LogP contribution in [0.1, 0.15) is 104 Å². The highest BCUT2D eigenvalue weighted by atomic mass is 19.3. The van der Waals surface area contributed by atoms with E-state index in [1.165, 1.54) is 6.42 Å². The van der Waals surface area contributed by atoms with Crippen LogP contribution in [-0.4, -0.2) is 42.6 Å². The van der Waals surface area contributed by atoms with Gasteiger partial charge >= 0.3 is 0 Å². The number of rotatable bonds is 9. The maximum absolute atomic E-state index is 13.9. The molecular weight excluding hydrogens is 508 g/mol. The van der Waals surface area contributed by atoms with Crippen molar-refractivity contribution in [1.82, 2.24) is 35.5 Å². The first-order valence-electron chi connectivity index (χ1n) is 13.9. The highest BCUT2D eigenvalue weighted by Gasteiger charge is 2.40. The van der Waals surface area contributed by atoms with Gasteiger partial charge in [0, 0.05) is 19.3 Å². The molecular formula is C27H33F2N7O3. The summed E-state index contributed by atoms with van der Waals surface area (Å²) in [5, 5.41) is 18.1. The van der Waals surface area contributed by atoms with Crippen LogP contribution in [0, 0.1) is 24.7 Å². The predicted octanol–water partition coefficient (Wildman–Crippen LogP) is 4.47. The van der Waals surface area contributed by atoms with Crippen molar-refractivity contribution in [3.8, 4) is 0 Å². The van der Waals surface area contributed by atoms with Gasteiger partial charge in [0.25, 0.3) is 5.91 Å². The van der Waals surface area contributed by atoms with Gasteiger partial charge in [-0.15, -0.1) is 0 Å². The maximum Gasteiger partial charge on any atom is 0.276 e. The summed E-state index contributed by atoms with van der Waals surface area (Å²) < 4.78 is 34.2. The van der Waals surface area contributed by atoms with E-state index in [-0.39, 0.29) is 49.2 Å². The zero-order valence-corrected chi connectivity index (χ0v) is 21.9. The molecule has 2 atom stereocenters. The number of carbonyl (C=O) groups is 2. The zero-order valence-electron chi connectivity index (χ0n) is 21.9. The standard InChI is InChI=1S/C27H33F2N7O3/c1-15-23(35-39-34-15)26(38)33-25(18-7-9-27(28,29)10-8-18)20-14-36-21(31-20)12-19(13-30-36)24(17-5-6-17)32-22(37)11-16-3-2-4-16/h12-14,16-18,24-25H,2-11H2,1H3,(H,32,37)(H,33,38)/t24?,25-/m0/s1. The highest BCUT2D eigenvalue weighted by molar-refractivity contribution is 5.93. The summed E-state index contributed by atoms with van der Waals surface area (Å²) in [7, 11) is 0. The highest BCUT2D eigenvalue weighted by Crippen LogP contribution is 2.43. The fourth-order valence-corrected chi connectivity index (χ4v) is 5.80. The van der Waals surface area contributed by atoms with Gasteiger partial charge in [0.15, 0.2) is 11.3 Å². The van der Waals surface area contributed by atoms with E-state index in [1.807, 2.05) is 6.07 Å². The van der Waals surface area contributed by atoms with E-state index in [4.69, 9.17) is 4.98 Å². The quantitative estimate of drug-likeness (QED) is 0.409. The maximum atomic E-state index is 13.9. The third kappa shape index (κ3) is 5.65. The summed E-state index contributed by atoms with van der Waals surface area (Å²) in [6, 6.07) is 1.19. The van der Waals surface area contributed by atoms with E-state index in [0.717, 1.165) is 31.2 Å². The summed E-state index contributed by atoms with van der Waals surface area (Å²) in [5.74, 6) is -2.48. The average Bonchev–Trinajstić information content (AvgIpc) is 3.49.